The van der Waals surface area contributed by atoms with Gasteiger partial charge in [-0.2, -0.15) is 0 Å². The Morgan fingerprint density at radius 2 is 1.16 bits per heavy atom. The van der Waals surface area contributed by atoms with E-state index in [1.54, 1.807) is 13.8 Å². The summed E-state index contributed by atoms with van der Waals surface area (Å²) in [5, 5.41) is 0. The first-order valence-electron chi connectivity index (χ1n) is 11.7. The van der Waals surface area contributed by atoms with Crippen LogP contribution < -0.4 is 0 Å². The predicted molar refractivity (Wildman–Crippen MR) is 119 cm³/mol. The molecule has 1 rings (SSSR count). The molecule has 0 saturated carbocycles. The molecule has 14 nitrogen and oxygen atoms in total. The van der Waals surface area contributed by atoms with E-state index in [4.69, 9.17) is 37.9 Å². The number of carbonyl (C=O) groups excluding carboxylic acids is 6. The van der Waals surface area contributed by atoms with Crippen molar-refractivity contribution in [3.8, 4) is 0 Å². The van der Waals surface area contributed by atoms with Gasteiger partial charge in [0.1, 0.15) is 12.7 Å². The number of hydrogen-bond acceptors (Lipinski definition) is 14. The Labute approximate surface area is 214 Å². The fraction of sp³-hybridized carbons (Fsp3) is 0.739. The summed E-state index contributed by atoms with van der Waals surface area (Å²) in [7, 11) is 0. The first-order valence-corrected chi connectivity index (χ1v) is 11.7. The number of rotatable bonds is 13. The van der Waals surface area contributed by atoms with Gasteiger partial charge in [0.2, 0.25) is 0 Å². The molecule has 1 aliphatic heterocycles. The normalized spacial score (nSPS) is 22.9. The molecule has 1 unspecified atom stereocenters. The average Bonchev–Trinajstić information content (AvgIpc) is 2.78. The van der Waals surface area contributed by atoms with Gasteiger partial charge in [-0.15, -0.1) is 0 Å². The predicted octanol–water partition coefficient (Wildman–Crippen LogP) is 0.219. The van der Waals surface area contributed by atoms with Crippen molar-refractivity contribution in [2.75, 3.05) is 26.4 Å². The van der Waals surface area contributed by atoms with Crippen LogP contribution in [0.15, 0.2) is 0 Å². The van der Waals surface area contributed by atoms with Crippen LogP contribution in [0.2, 0.25) is 0 Å². The van der Waals surface area contributed by atoms with E-state index >= 15 is 0 Å². The lowest BCUT2D eigenvalue weighted by Gasteiger charge is -2.44. The zero-order valence-electron chi connectivity index (χ0n) is 21.7. The largest absolute Gasteiger partial charge is 0.465 e. The summed E-state index contributed by atoms with van der Waals surface area (Å²) < 4.78 is 42.2. The van der Waals surface area contributed by atoms with Crippen LogP contribution in [0.25, 0.3) is 0 Å². The van der Waals surface area contributed by atoms with Crippen molar-refractivity contribution in [3.63, 3.8) is 0 Å². The van der Waals surface area contributed by atoms with Crippen molar-refractivity contribution < 1.29 is 66.7 Å². The van der Waals surface area contributed by atoms with E-state index in [0.29, 0.717) is 0 Å². The Morgan fingerprint density at radius 3 is 1.62 bits per heavy atom. The van der Waals surface area contributed by atoms with E-state index in [1.807, 2.05) is 0 Å². The molecule has 1 fully saturated rings. The van der Waals surface area contributed by atoms with Gasteiger partial charge >= 0.3 is 35.8 Å². The minimum atomic E-state index is -1.44. The maximum absolute atomic E-state index is 12.2. The molecule has 0 radical (unpaired) electrons. The topological polar surface area (TPSA) is 176 Å². The minimum absolute atomic E-state index is 0.0370. The van der Waals surface area contributed by atoms with Crippen LogP contribution in [0.1, 0.15) is 48.0 Å². The van der Waals surface area contributed by atoms with Crippen LogP contribution in [0.3, 0.4) is 0 Å². The summed E-state index contributed by atoms with van der Waals surface area (Å²) in [5.41, 5.74) is 0. The Morgan fingerprint density at radius 1 is 0.676 bits per heavy atom. The molecule has 0 aromatic heterocycles. The lowest BCUT2D eigenvalue weighted by atomic mass is 9.98. The van der Waals surface area contributed by atoms with Crippen LogP contribution in [0.5, 0.6) is 0 Å². The maximum atomic E-state index is 12.2. The van der Waals surface area contributed by atoms with Gasteiger partial charge < -0.3 is 37.9 Å². The van der Waals surface area contributed by atoms with Crippen LogP contribution >= 0.6 is 0 Å². The molecule has 1 heterocycles. The molecule has 5 atom stereocenters. The van der Waals surface area contributed by atoms with Gasteiger partial charge in [-0.3, -0.25) is 28.8 Å². The second-order valence-corrected chi connectivity index (χ2v) is 7.78. The standard InChI is InChI=1S/C23H34O14/c1-7-30-21(28)16(22(29)31-8-2)9-10-32-23-20(36-15(6)27)19(35-14(5)26)18(34-13(4)25)17(37-23)11-33-12(3)24/h16-20,23H,7-11H2,1-6H3/t17-,18+,19+,20-,23?/m1/s1. The van der Waals surface area contributed by atoms with Gasteiger partial charge in [0.15, 0.2) is 30.5 Å². The molecule has 0 amide bonds. The van der Waals surface area contributed by atoms with Crippen molar-refractivity contribution in [2.24, 2.45) is 5.92 Å². The highest BCUT2D eigenvalue weighted by Gasteiger charge is 2.52. The SMILES string of the molecule is CCOC(=O)C(CCOC1O[C@H](COC(C)=O)[C@H](OC(C)=O)[C@H](OC(C)=O)[C@H]1OC(C)=O)C(=O)OCC. The first-order chi connectivity index (χ1) is 17.4. The van der Waals surface area contributed by atoms with E-state index < -0.39 is 79.0 Å². The van der Waals surface area contributed by atoms with Crippen LogP contribution in [0, 0.1) is 5.92 Å². The molecule has 0 aromatic rings. The summed E-state index contributed by atoms with van der Waals surface area (Å²) in [6, 6.07) is 0. The Bertz CT molecular complexity index is 806. The number of ether oxygens (including phenoxy) is 8. The Balaban J connectivity index is 3.23. The van der Waals surface area contributed by atoms with Crippen molar-refractivity contribution in [1.82, 2.24) is 0 Å². The van der Waals surface area contributed by atoms with E-state index in [1.165, 1.54) is 0 Å². The van der Waals surface area contributed by atoms with Crippen LogP contribution in [0.4, 0.5) is 0 Å². The summed E-state index contributed by atoms with van der Waals surface area (Å²) in [6.07, 6.45) is -6.99. The van der Waals surface area contributed by atoms with Crippen molar-refractivity contribution >= 4 is 35.8 Å². The van der Waals surface area contributed by atoms with Crippen molar-refractivity contribution in [1.29, 1.82) is 0 Å². The van der Waals surface area contributed by atoms with E-state index in [-0.39, 0.29) is 26.2 Å². The molecule has 1 saturated heterocycles. The molecule has 0 N–H and O–H groups in total. The lowest BCUT2D eigenvalue weighted by molar-refractivity contribution is -0.308. The lowest BCUT2D eigenvalue weighted by Crippen LogP contribution is -2.63. The maximum Gasteiger partial charge on any atom is 0.320 e. The summed E-state index contributed by atoms with van der Waals surface area (Å²) in [5.74, 6) is -5.96. The van der Waals surface area contributed by atoms with E-state index in [9.17, 15) is 28.8 Å². The number of hydrogen-bond donors (Lipinski definition) is 0. The molecule has 0 spiro atoms. The van der Waals surface area contributed by atoms with Gasteiger partial charge in [0.25, 0.3) is 0 Å². The van der Waals surface area contributed by atoms with Gasteiger partial charge in [0, 0.05) is 27.7 Å². The Hall–Kier alpha value is -3.26. The van der Waals surface area contributed by atoms with Crippen LogP contribution in [-0.4, -0.2) is 92.9 Å². The molecule has 1 aliphatic rings. The smallest absolute Gasteiger partial charge is 0.320 e. The first kappa shape index (κ1) is 31.8. The van der Waals surface area contributed by atoms with Gasteiger partial charge in [-0.05, 0) is 20.3 Å². The quantitative estimate of drug-likeness (QED) is 0.178. The second-order valence-electron chi connectivity index (χ2n) is 7.78. The third-order valence-electron chi connectivity index (χ3n) is 4.78. The fourth-order valence-corrected chi connectivity index (χ4v) is 3.44. The zero-order chi connectivity index (χ0) is 28.1. The van der Waals surface area contributed by atoms with Crippen molar-refractivity contribution in [3.05, 3.63) is 0 Å². The molecule has 0 aromatic carbocycles. The van der Waals surface area contributed by atoms with Crippen molar-refractivity contribution in [2.45, 2.75) is 78.7 Å². The highest BCUT2D eigenvalue weighted by molar-refractivity contribution is 5.94. The van der Waals surface area contributed by atoms with Gasteiger partial charge in [0.05, 0.1) is 19.8 Å². The molecule has 0 bridgehead atoms. The third kappa shape index (κ3) is 10.7. The molecule has 0 aliphatic carbocycles. The summed E-state index contributed by atoms with van der Waals surface area (Å²) in [4.78, 5) is 71.3. The minimum Gasteiger partial charge on any atom is -0.465 e. The third-order valence-corrected chi connectivity index (χ3v) is 4.78. The molecule has 14 heteroatoms. The fourth-order valence-electron chi connectivity index (χ4n) is 3.44. The van der Waals surface area contributed by atoms with E-state index in [0.717, 1.165) is 27.7 Å². The molecular formula is C23H34O14. The number of esters is 6. The highest BCUT2D eigenvalue weighted by atomic mass is 16.7. The molecule has 37 heavy (non-hydrogen) atoms. The van der Waals surface area contributed by atoms with Gasteiger partial charge in [-0.1, -0.05) is 0 Å². The number of carbonyl (C=O) groups is 6. The second kappa shape index (κ2) is 15.8. The highest BCUT2D eigenvalue weighted by Crippen LogP contribution is 2.30. The van der Waals surface area contributed by atoms with Gasteiger partial charge in [-0.25, -0.2) is 0 Å². The Kier molecular flexibility index (Phi) is 13.5. The zero-order valence-corrected chi connectivity index (χ0v) is 21.7. The van der Waals surface area contributed by atoms with E-state index in [2.05, 4.69) is 0 Å². The van der Waals surface area contributed by atoms with Crippen LogP contribution in [-0.2, 0) is 66.7 Å². The summed E-state index contributed by atoms with van der Waals surface area (Å²) in [6.45, 7) is 6.93. The monoisotopic (exact) mass is 534 g/mol. The molecule has 210 valence electrons. The molecular weight excluding hydrogens is 500 g/mol. The summed E-state index contributed by atoms with van der Waals surface area (Å²) >= 11 is 0. The average molecular weight is 535 g/mol.